The Labute approximate surface area is 98.5 Å². The van der Waals surface area contributed by atoms with E-state index in [1.165, 1.54) is 12.1 Å². The maximum Gasteiger partial charge on any atom is 0.127 e. The highest BCUT2D eigenvalue weighted by Gasteiger charge is 2.28. The molecule has 17 heavy (non-hydrogen) atoms. The Morgan fingerprint density at radius 3 is 2.88 bits per heavy atom. The Kier molecular flexibility index (Phi) is 3.38. The lowest BCUT2D eigenvalue weighted by Crippen LogP contribution is -2.37. The molecule has 5 heteroatoms. The zero-order valence-corrected chi connectivity index (χ0v) is 9.34. The third-order valence-electron chi connectivity index (χ3n) is 3.17. The summed E-state index contributed by atoms with van der Waals surface area (Å²) in [6.07, 6.45) is 0.461. The first-order chi connectivity index (χ1) is 8.13. The average Bonchev–Trinajstić information content (AvgIpc) is 2.32. The number of rotatable bonds is 2. The molecule has 0 aliphatic carbocycles. The van der Waals surface area contributed by atoms with Gasteiger partial charge in [-0.1, -0.05) is 0 Å². The van der Waals surface area contributed by atoms with Crippen LogP contribution in [0.25, 0.3) is 0 Å². The van der Waals surface area contributed by atoms with Gasteiger partial charge in [0.2, 0.25) is 0 Å². The van der Waals surface area contributed by atoms with Crippen molar-refractivity contribution in [2.45, 2.75) is 18.5 Å². The van der Waals surface area contributed by atoms with Crippen LogP contribution < -0.4 is 11.1 Å². The molecule has 2 unspecified atom stereocenters. The van der Waals surface area contributed by atoms with Crippen molar-refractivity contribution in [3.8, 4) is 0 Å². The normalized spacial score (nSPS) is 24.6. The number of hydrogen-bond donors (Lipinski definition) is 3. The topological polar surface area (TPSA) is 61.9 Å². The van der Waals surface area contributed by atoms with Crippen LogP contribution >= 0.6 is 0 Å². The predicted octanol–water partition coefficient (Wildman–Crippen LogP) is 1.82. The number of hydrogen-bond acceptors (Lipinski definition) is 3. The van der Waals surface area contributed by atoms with E-state index in [-0.39, 0.29) is 6.54 Å². The van der Waals surface area contributed by atoms with Crippen LogP contribution in [-0.4, -0.2) is 25.5 Å². The van der Waals surface area contributed by atoms with Crippen LogP contribution in [0.3, 0.4) is 0 Å². The van der Waals surface area contributed by atoms with E-state index in [1.807, 2.05) is 0 Å². The van der Waals surface area contributed by atoms with Crippen molar-refractivity contribution in [2.75, 3.05) is 18.8 Å². The molecule has 0 amide bonds. The summed E-state index contributed by atoms with van der Waals surface area (Å²) in [5, 5.41) is 10.0. The maximum absolute atomic E-state index is 13.8. The van der Waals surface area contributed by atoms with Gasteiger partial charge in [0.1, 0.15) is 12.0 Å². The lowest BCUT2D eigenvalue weighted by Gasteiger charge is -2.27. The first-order valence-corrected chi connectivity index (χ1v) is 5.57. The van der Waals surface area contributed by atoms with Gasteiger partial charge in [-0.05, 0) is 30.7 Å². The van der Waals surface area contributed by atoms with E-state index in [0.29, 0.717) is 29.8 Å². The fourth-order valence-electron chi connectivity index (χ4n) is 2.20. The molecule has 92 valence electrons. The molecule has 1 aromatic carbocycles. The smallest absolute Gasteiger partial charge is 0.127 e. The molecule has 1 heterocycles. The van der Waals surface area contributed by atoms with Crippen molar-refractivity contribution < 1.29 is 8.78 Å². The van der Waals surface area contributed by atoms with Crippen LogP contribution in [0.1, 0.15) is 23.5 Å². The molecule has 0 bridgehead atoms. The largest absolute Gasteiger partial charge is 0.398 e. The average molecular weight is 239 g/mol. The standard InChI is InChI=1S/C12H15F2N3/c13-10-3-7(5-15)12(16)4-9(10)8-1-2-17-6-11(8)14/h3-5,8,11,15,17H,1-2,6,16H2. The Morgan fingerprint density at radius 2 is 2.24 bits per heavy atom. The summed E-state index contributed by atoms with van der Waals surface area (Å²) in [6.45, 7) is 0.924. The highest BCUT2D eigenvalue weighted by Crippen LogP contribution is 2.31. The van der Waals surface area contributed by atoms with Crippen molar-refractivity contribution in [1.29, 1.82) is 5.41 Å². The van der Waals surface area contributed by atoms with Gasteiger partial charge in [-0.15, -0.1) is 0 Å². The van der Waals surface area contributed by atoms with E-state index < -0.39 is 17.9 Å². The van der Waals surface area contributed by atoms with Gasteiger partial charge in [-0.3, -0.25) is 0 Å². The monoisotopic (exact) mass is 239 g/mol. The van der Waals surface area contributed by atoms with Gasteiger partial charge in [-0.25, -0.2) is 8.78 Å². The number of alkyl halides is 1. The summed E-state index contributed by atoms with van der Waals surface area (Å²) in [4.78, 5) is 0. The molecule has 2 atom stereocenters. The molecule has 3 nitrogen and oxygen atoms in total. The van der Waals surface area contributed by atoms with Crippen molar-refractivity contribution >= 4 is 11.9 Å². The minimum Gasteiger partial charge on any atom is -0.398 e. The molecule has 0 aromatic heterocycles. The van der Waals surface area contributed by atoms with Gasteiger partial charge >= 0.3 is 0 Å². The minimum absolute atomic E-state index is 0.246. The highest BCUT2D eigenvalue weighted by atomic mass is 19.1. The molecule has 1 fully saturated rings. The fourth-order valence-corrected chi connectivity index (χ4v) is 2.20. The molecule has 1 aliphatic heterocycles. The van der Waals surface area contributed by atoms with E-state index in [4.69, 9.17) is 11.1 Å². The number of nitrogens with one attached hydrogen (secondary N) is 2. The zero-order chi connectivity index (χ0) is 12.4. The molecule has 4 N–H and O–H groups in total. The highest BCUT2D eigenvalue weighted by molar-refractivity contribution is 5.85. The van der Waals surface area contributed by atoms with Gasteiger partial charge in [0.25, 0.3) is 0 Å². The summed E-state index contributed by atoms with van der Waals surface area (Å²) in [5.41, 5.74) is 6.67. The van der Waals surface area contributed by atoms with Gasteiger partial charge in [0.05, 0.1) is 0 Å². The van der Waals surface area contributed by atoms with Crippen molar-refractivity contribution in [3.63, 3.8) is 0 Å². The molecule has 1 aromatic rings. The van der Waals surface area contributed by atoms with Gasteiger partial charge in [-0.2, -0.15) is 0 Å². The number of nitrogens with two attached hydrogens (primary N) is 1. The summed E-state index contributed by atoms with van der Waals surface area (Å²) in [7, 11) is 0. The lowest BCUT2D eigenvalue weighted by atomic mass is 9.87. The Bertz CT molecular complexity index is 434. The molecule has 0 saturated carbocycles. The second-order valence-electron chi connectivity index (χ2n) is 4.26. The minimum atomic E-state index is -1.09. The van der Waals surface area contributed by atoms with Crippen LogP contribution in [-0.2, 0) is 0 Å². The quantitative estimate of drug-likeness (QED) is 0.544. The van der Waals surface area contributed by atoms with Gasteiger partial charge < -0.3 is 16.5 Å². The Morgan fingerprint density at radius 1 is 1.47 bits per heavy atom. The maximum atomic E-state index is 13.8. The summed E-state index contributed by atoms with van der Waals surface area (Å²) in [5.74, 6) is -0.925. The molecular formula is C12H15F2N3. The number of nitrogen functional groups attached to an aromatic ring is 1. The SMILES string of the molecule is N=Cc1cc(F)c(C2CCNCC2F)cc1N. The lowest BCUT2D eigenvalue weighted by molar-refractivity contribution is 0.228. The summed E-state index contributed by atoms with van der Waals surface area (Å²) in [6, 6.07) is 2.66. The molecule has 0 spiro atoms. The van der Waals surface area contributed by atoms with Crippen LogP contribution in [0, 0.1) is 11.2 Å². The van der Waals surface area contributed by atoms with Crippen molar-refractivity contribution in [2.24, 2.45) is 0 Å². The van der Waals surface area contributed by atoms with E-state index in [0.717, 1.165) is 6.21 Å². The second-order valence-corrected chi connectivity index (χ2v) is 4.26. The summed E-state index contributed by atoms with van der Waals surface area (Å²) < 4.78 is 27.5. The number of benzene rings is 1. The third kappa shape index (κ3) is 2.29. The molecule has 1 aliphatic rings. The van der Waals surface area contributed by atoms with Gasteiger partial charge in [0, 0.05) is 29.9 Å². The number of halogens is 2. The van der Waals surface area contributed by atoms with Crippen LogP contribution in [0.4, 0.5) is 14.5 Å². The summed E-state index contributed by atoms with van der Waals surface area (Å²) >= 11 is 0. The van der Waals surface area contributed by atoms with E-state index in [1.54, 1.807) is 0 Å². The first-order valence-electron chi connectivity index (χ1n) is 5.57. The molecule has 0 radical (unpaired) electrons. The van der Waals surface area contributed by atoms with E-state index >= 15 is 0 Å². The predicted molar refractivity (Wildman–Crippen MR) is 63.8 cm³/mol. The Hall–Kier alpha value is -1.49. The number of anilines is 1. The van der Waals surface area contributed by atoms with Crippen LogP contribution in [0.15, 0.2) is 12.1 Å². The van der Waals surface area contributed by atoms with E-state index in [9.17, 15) is 8.78 Å². The molecule has 2 rings (SSSR count). The Balaban J connectivity index is 2.37. The third-order valence-corrected chi connectivity index (χ3v) is 3.17. The van der Waals surface area contributed by atoms with Crippen molar-refractivity contribution in [3.05, 3.63) is 29.1 Å². The van der Waals surface area contributed by atoms with Crippen molar-refractivity contribution in [1.82, 2.24) is 5.32 Å². The molecule has 1 saturated heterocycles. The van der Waals surface area contributed by atoms with Crippen LogP contribution in [0.2, 0.25) is 0 Å². The first kappa shape index (κ1) is 12.0. The number of piperidine rings is 1. The fraction of sp³-hybridized carbons (Fsp3) is 0.417. The van der Waals surface area contributed by atoms with Crippen LogP contribution in [0.5, 0.6) is 0 Å². The zero-order valence-electron chi connectivity index (χ0n) is 9.34. The van der Waals surface area contributed by atoms with E-state index in [2.05, 4.69) is 5.32 Å². The molecular weight excluding hydrogens is 224 g/mol. The second kappa shape index (κ2) is 4.79. The van der Waals surface area contributed by atoms with Gasteiger partial charge in [0.15, 0.2) is 0 Å².